The lowest BCUT2D eigenvalue weighted by atomic mass is 9.97. The maximum Gasteiger partial charge on any atom is 0.229 e. The van der Waals surface area contributed by atoms with Gasteiger partial charge in [-0.05, 0) is 18.2 Å². The molecule has 19 heteroatoms. The minimum Gasteiger partial charge on any atom is -0.508 e. The van der Waals surface area contributed by atoms with Crippen LogP contribution in [-0.4, -0.2) is 167 Å². The largest absolute Gasteiger partial charge is 0.508 e. The molecule has 0 bridgehead atoms. The zero-order chi connectivity index (χ0) is 36.7. The third kappa shape index (κ3) is 7.45. The molecule has 4 heterocycles. The molecule has 0 spiro atoms. The molecule has 19 nitrogen and oxygen atoms in total. The molecule has 0 amide bonds. The third-order valence-electron chi connectivity index (χ3n) is 8.99. The Morgan fingerprint density at radius 3 is 1.94 bits per heavy atom. The molecule has 12 N–H and O–H groups in total. The van der Waals surface area contributed by atoms with Crippen molar-refractivity contribution in [1.82, 2.24) is 0 Å². The molecular formula is C32H40O19. The fourth-order valence-corrected chi connectivity index (χ4v) is 6.08. The lowest BCUT2D eigenvalue weighted by Crippen LogP contribution is -2.63. The van der Waals surface area contributed by atoms with Crippen LogP contribution in [0.4, 0.5) is 0 Å². The summed E-state index contributed by atoms with van der Waals surface area (Å²) in [6.45, 7) is -1.97. The van der Waals surface area contributed by atoms with Crippen LogP contribution in [0.25, 0.3) is 6.08 Å². The van der Waals surface area contributed by atoms with E-state index in [4.69, 9.17) is 33.2 Å². The van der Waals surface area contributed by atoms with Crippen molar-refractivity contribution in [3.05, 3.63) is 53.3 Å². The molecule has 2 aromatic rings. The van der Waals surface area contributed by atoms with Gasteiger partial charge in [-0.25, -0.2) is 0 Å². The van der Waals surface area contributed by atoms with Gasteiger partial charge in [-0.3, -0.25) is 0 Å². The van der Waals surface area contributed by atoms with Crippen LogP contribution >= 0.6 is 0 Å². The molecule has 4 aliphatic rings. The van der Waals surface area contributed by atoms with Gasteiger partial charge in [0, 0.05) is 17.7 Å². The number of fused-ring (bicyclic) bond motifs is 1. The first kappa shape index (κ1) is 37.4. The highest BCUT2D eigenvalue weighted by atomic mass is 16.8. The van der Waals surface area contributed by atoms with E-state index in [9.17, 15) is 61.3 Å². The van der Waals surface area contributed by atoms with Crippen molar-refractivity contribution in [3.8, 4) is 23.0 Å². The Labute approximate surface area is 288 Å². The van der Waals surface area contributed by atoms with E-state index in [1.54, 1.807) is 0 Å². The molecule has 0 radical (unpaired) electrons. The number of aliphatic hydroxyl groups excluding tert-OH is 10. The van der Waals surface area contributed by atoms with Gasteiger partial charge in [0.2, 0.25) is 12.6 Å². The van der Waals surface area contributed by atoms with E-state index in [2.05, 4.69) is 0 Å². The van der Waals surface area contributed by atoms with E-state index in [0.29, 0.717) is 5.56 Å². The molecule has 4 aliphatic heterocycles. The first-order valence-corrected chi connectivity index (χ1v) is 15.9. The van der Waals surface area contributed by atoms with Gasteiger partial charge in [0.15, 0.2) is 18.5 Å². The number of hydrogen-bond acceptors (Lipinski definition) is 19. The average Bonchev–Trinajstić information content (AvgIpc) is 3.11. The monoisotopic (exact) mass is 728 g/mol. The minimum atomic E-state index is -1.84. The van der Waals surface area contributed by atoms with E-state index in [1.165, 1.54) is 36.4 Å². The molecule has 3 fully saturated rings. The summed E-state index contributed by atoms with van der Waals surface area (Å²) in [5.41, 5.74) is 0.436. The van der Waals surface area contributed by atoms with Crippen molar-refractivity contribution >= 4 is 6.08 Å². The molecule has 282 valence electrons. The van der Waals surface area contributed by atoms with Crippen molar-refractivity contribution in [2.75, 3.05) is 19.8 Å². The molecule has 0 aromatic heterocycles. The Morgan fingerprint density at radius 1 is 0.647 bits per heavy atom. The molecule has 1 unspecified atom stereocenters. The molecule has 2 aromatic carbocycles. The molecule has 15 atom stereocenters. The van der Waals surface area contributed by atoms with Crippen molar-refractivity contribution < 1.29 is 94.4 Å². The number of phenols is 2. The summed E-state index contributed by atoms with van der Waals surface area (Å²) in [5.74, 6) is -0.781. The summed E-state index contributed by atoms with van der Waals surface area (Å²) in [6.07, 6.45) is -23.1. The lowest BCUT2D eigenvalue weighted by molar-refractivity contribution is -0.352. The zero-order valence-corrected chi connectivity index (χ0v) is 26.5. The van der Waals surface area contributed by atoms with E-state index in [1.807, 2.05) is 0 Å². The predicted molar refractivity (Wildman–Crippen MR) is 163 cm³/mol. The van der Waals surface area contributed by atoms with Gasteiger partial charge in [0.25, 0.3) is 0 Å². The van der Waals surface area contributed by atoms with Gasteiger partial charge in [-0.15, -0.1) is 0 Å². The highest BCUT2D eigenvalue weighted by Gasteiger charge is 2.51. The summed E-state index contributed by atoms with van der Waals surface area (Å²) in [5, 5.41) is 123. The molecule has 0 saturated carbocycles. The lowest BCUT2D eigenvalue weighted by Gasteiger charge is -2.45. The van der Waals surface area contributed by atoms with Crippen molar-refractivity contribution in [3.63, 3.8) is 0 Å². The maximum atomic E-state index is 11.1. The van der Waals surface area contributed by atoms with Crippen LogP contribution in [-0.2, 0) is 23.7 Å². The molecule has 51 heavy (non-hydrogen) atoms. The van der Waals surface area contributed by atoms with Gasteiger partial charge in [0.1, 0.15) is 89.8 Å². The van der Waals surface area contributed by atoms with Crippen LogP contribution in [0.1, 0.15) is 17.2 Å². The molecule has 6 rings (SSSR count). The van der Waals surface area contributed by atoms with Crippen molar-refractivity contribution in [1.29, 1.82) is 0 Å². The maximum absolute atomic E-state index is 11.1. The summed E-state index contributed by atoms with van der Waals surface area (Å²) >= 11 is 0. The Balaban J connectivity index is 1.38. The normalized spacial score (nSPS) is 39.7. The van der Waals surface area contributed by atoms with Crippen LogP contribution < -0.4 is 9.47 Å². The number of ether oxygens (including phenoxy) is 7. The fourth-order valence-electron chi connectivity index (χ4n) is 6.08. The number of aromatic hydroxyl groups is 2. The van der Waals surface area contributed by atoms with Crippen LogP contribution in [0.3, 0.4) is 0 Å². The summed E-state index contributed by atoms with van der Waals surface area (Å²) in [4.78, 5) is 0. The number of aliphatic hydroxyl groups is 10. The van der Waals surface area contributed by atoms with Gasteiger partial charge >= 0.3 is 0 Å². The van der Waals surface area contributed by atoms with Gasteiger partial charge in [-0.2, -0.15) is 0 Å². The van der Waals surface area contributed by atoms with Gasteiger partial charge in [-0.1, -0.05) is 12.1 Å². The zero-order valence-electron chi connectivity index (χ0n) is 26.5. The standard InChI is InChI=1S/C32H40O19/c33-8-19-22(39)24(41)27(44)31(49-19)47-17-6-13(36)5-16-14(17)7-18(28(46-16)11-1-3-12(35)4-2-11)48-32-29(25(42)23(40)20(9-34)50-32)51-30-26(43)21(38)15(37)10-45-30/h1-7,15,19-44H,8-10H2/t15-,19+,20+,21-,22+,23+,24-,25-,26-,27+,28?,29+,30-,31+,32+/m0/s1. The number of benzene rings is 2. The van der Waals surface area contributed by atoms with Crippen molar-refractivity contribution in [2.24, 2.45) is 0 Å². The van der Waals surface area contributed by atoms with Crippen LogP contribution in [0, 0.1) is 0 Å². The third-order valence-corrected chi connectivity index (χ3v) is 8.99. The second-order valence-electron chi connectivity index (χ2n) is 12.5. The quantitative estimate of drug-likeness (QED) is 0.117. The van der Waals surface area contributed by atoms with Gasteiger partial charge in [0.05, 0.1) is 25.4 Å². The summed E-state index contributed by atoms with van der Waals surface area (Å²) in [6, 6.07) is 8.02. The second-order valence-corrected chi connectivity index (χ2v) is 12.5. The molecular weight excluding hydrogens is 688 g/mol. The fraction of sp³-hybridized carbons (Fsp3) is 0.562. The highest BCUT2D eigenvalue weighted by Crippen LogP contribution is 2.46. The van der Waals surface area contributed by atoms with E-state index in [0.717, 1.165) is 6.07 Å². The number of phenolic OH excluding ortho intramolecular Hbond substituents is 2. The van der Waals surface area contributed by atoms with Crippen molar-refractivity contribution in [2.45, 2.75) is 92.1 Å². The number of rotatable bonds is 9. The van der Waals surface area contributed by atoms with Crippen LogP contribution in [0.2, 0.25) is 0 Å². The smallest absolute Gasteiger partial charge is 0.229 e. The first-order valence-electron chi connectivity index (χ1n) is 15.9. The van der Waals surface area contributed by atoms with Crippen LogP contribution in [0.15, 0.2) is 42.2 Å². The topological polar surface area (TPSA) is 307 Å². The molecule has 0 aliphatic carbocycles. The Hall–Kier alpha value is -3.38. The Morgan fingerprint density at radius 2 is 1.27 bits per heavy atom. The molecule has 3 saturated heterocycles. The highest BCUT2D eigenvalue weighted by molar-refractivity contribution is 5.70. The van der Waals surface area contributed by atoms with Gasteiger partial charge < -0.3 is 94.4 Å². The SMILES string of the molecule is OC[C@H]1O[C@@H](Oc2cc(O)cc3c2C=C(O[C@@H]2O[C@H](CO)[C@@H](O)[C@H](O)[C@H]2O[C@@H]2OC[C@H](O)[C@H](O)[C@@H]2O)C(c2ccc(O)cc2)O3)[C@H](O)[C@@H](O)[C@@H]1O. The number of hydrogen-bond donors (Lipinski definition) is 12. The first-order chi connectivity index (χ1) is 24.3. The Bertz CT molecular complexity index is 1520. The van der Waals surface area contributed by atoms with E-state index in [-0.39, 0.29) is 34.3 Å². The van der Waals surface area contributed by atoms with E-state index >= 15 is 0 Å². The Kier molecular flexibility index (Phi) is 11.2. The summed E-state index contributed by atoms with van der Waals surface area (Å²) < 4.78 is 40.6. The van der Waals surface area contributed by atoms with Crippen LogP contribution in [0.5, 0.6) is 23.0 Å². The summed E-state index contributed by atoms with van der Waals surface area (Å²) in [7, 11) is 0. The van der Waals surface area contributed by atoms with E-state index < -0.39 is 112 Å². The average molecular weight is 729 g/mol. The minimum absolute atomic E-state index is 0.00709. The predicted octanol–water partition coefficient (Wildman–Crippen LogP) is -3.97. The second kappa shape index (κ2) is 15.3.